The second-order valence-corrected chi connectivity index (χ2v) is 3.50. The van der Waals surface area contributed by atoms with Crippen LogP contribution in [0.15, 0.2) is 12.2 Å². The zero-order valence-electron chi connectivity index (χ0n) is 9.11. The predicted octanol–water partition coefficient (Wildman–Crippen LogP) is 0.457. The smallest absolute Gasteiger partial charge is 0.253 e. The molecule has 1 aliphatic heterocycles. The van der Waals surface area contributed by atoms with Crippen LogP contribution in [-0.2, 0) is 9.59 Å². The Bertz CT molecular complexity index is 256. The van der Waals surface area contributed by atoms with Gasteiger partial charge in [0.1, 0.15) is 0 Å². The SMILES string of the molecule is [CH2-]CN(CCC)CCN1C(=O)C=CC1=O. The van der Waals surface area contributed by atoms with Gasteiger partial charge in [0.05, 0.1) is 0 Å². The highest BCUT2D eigenvalue weighted by atomic mass is 16.2. The van der Waals surface area contributed by atoms with Crippen molar-refractivity contribution < 1.29 is 9.59 Å². The number of imide groups is 1. The van der Waals surface area contributed by atoms with Gasteiger partial charge in [0.15, 0.2) is 0 Å². The molecule has 0 fully saturated rings. The number of nitrogens with zero attached hydrogens (tertiary/aromatic N) is 2. The molecule has 0 spiro atoms. The van der Waals surface area contributed by atoms with Crippen molar-refractivity contribution in [3.05, 3.63) is 19.1 Å². The lowest BCUT2D eigenvalue weighted by atomic mass is 10.4. The Balaban J connectivity index is 2.36. The molecule has 1 heterocycles. The van der Waals surface area contributed by atoms with Crippen LogP contribution in [0.4, 0.5) is 0 Å². The van der Waals surface area contributed by atoms with Crippen molar-refractivity contribution in [2.24, 2.45) is 0 Å². The van der Waals surface area contributed by atoms with Crippen molar-refractivity contribution in [1.82, 2.24) is 9.80 Å². The summed E-state index contributed by atoms with van der Waals surface area (Å²) in [6.45, 7) is 8.72. The molecule has 4 nitrogen and oxygen atoms in total. The van der Waals surface area contributed by atoms with Crippen LogP contribution in [0.5, 0.6) is 0 Å². The van der Waals surface area contributed by atoms with Gasteiger partial charge in [-0.25, -0.2) is 0 Å². The van der Waals surface area contributed by atoms with Gasteiger partial charge in [0.25, 0.3) is 11.8 Å². The summed E-state index contributed by atoms with van der Waals surface area (Å²) in [6, 6.07) is 0. The van der Waals surface area contributed by atoms with Crippen LogP contribution in [0, 0.1) is 6.92 Å². The van der Waals surface area contributed by atoms with Gasteiger partial charge in [-0.05, 0) is 13.0 Å². The summed E-state index contributed by atoms with van der Waals surface area (Å²) in [7, 11) is 0. The van der Waals surface area contributed by atoms with E-state index in [1.54, 1.807) is 0 Å². The van der Waals surface area contributed by atoms with Crippen molar-refractivity contribution in [3.63, 3.8) is 0 Å². The van der Waals surface area contributed by atoms with E-state index in [0.29, 0.717) is 19.6 Å². The molecule has 2 amide bonds. The topological polar surface area (TPSA) is 40.6 Å². The summed E-state index contributed by atoms with van der Waals surface area (Å²) in [4.78, 5) is 25.8. The lowest BCUT2D eigenvalue weighted by molar-refractivity contribution is -0.136. The number of rotatable bonds is 6. The first-order valence-corrected chi connectivity index (χ1v) is 5.24. The number of hydrogen-bond acceptors (Lipinski definition) is 3. The lowest BCUT2D eigenvalue weighted by Gasteiger charge is -2.25. The highest BCUT2D eigenvalue weighted by Gasteiger charge is 2.22. The summed E-state index contributed by atoms with van der Waals surface area (Å²) < 4.78 is 0. The Morgan fingerprint density at radius 2 is 1.87 bits per heavy atom. The highest BCUT2D eigenvalue weighted by molar-refractivity contribution is 6.12. The first-order chi connectivity index (χ1) is 7.19. The third kappa shape index (κ3) is 3.16. The number of carbonyl (C=O) groups is 2. The summed E-state index contributed by atoms with van der Waals surface area (Å²) in [5.74, 6) is -0.416. The fourth-order valence-electron chi connectivity index (χ4n) is 1.54. The largest absolute Gasteiger partial charge is 0.331 e. The standard InChI is InChI=1S/C11H17N2O2/c1-3-7-12(4-2)8-9-13-10(14)5-6-11(13)15/h5-6H,2-4,7-9H2,1H3/q-1. The first-order valence-electron chi connectivity index (χ1n) is 5.24. The Morgan fingerprint density at radius 3 is 2.33 bits per heavy atom. The summed E-state index contributed by atoms with van der Waals surface area (Å²) >= 11 is 0. The highest BCUT2D eigenvalue weighted by Crippen LogP contribution is 2.03. The maximum Gasteiger partial charge on any atom is 0.253 e. The van der Waals surface area contributed by atoms with Gasteiger partial charge in [-0.3, -0.25) is 14.5 Å². The molecule has 0 N–H and O–H groups in total. The van der Waals surface area contributed by atoms with E-state index in [1.165, 1.54) is 17.1 Å². The molecule has 0 aliphatic carbocycles. The Kier molecular flexibility index (Phi) is 4.49. The summed E-state index contributed by atoms with van der Waals surface area (Å²) in [5, 5.41) is 0. The molecule has 1 rings (SSSR count). The van der Waals surface area contributed by atoms with E-state index in [9.17, 15) is 9.59 Å². The van der Waals surface area contributed by atoms with Gasteiger partial charge < -0.3 is 11.8 Å². The van der Waals surface area contributed by atoms with Crippen molar-refractivity contribution in [2.75, 3.05) is 26.2 Å². The van der Waals surface area contributed by atoms with Crippen LogP contribution in [-0.4, -0.2) is 47.8 Å². The third-order valence-corrected chi connectivity index (χ3v) is 2.40. The minimum absolute atomic E-state index is 0.208. The molecule has 84 valence electrons. The van der Waals surface area contributed by atoms with Crippen molar-refractivity contribution in [3.8, 4) is 0 Å². The average Bonchev–Trinajstić information content (AvgIpc) is 2.54. The monoisotopic (exact) mass is 209 g/mol. The van der Waals surface area contributed by atoms with E-state index >= 15 is 0 Å². The van der Waals surface area contributed by atoms with Gasteiger partial charge in [-0.1, -0.05) is 6.92 Å². The zero-order chi connectivity index (χ0) is 11.3. The Morgan fingerprint density at radius 1 is 1.27 bits per heavy atom. The molecule has 0 radical (unpaired) electrons. The van der Waals surface area contributed by atoms with Gasteiger partial charge in [0.2, 0.25) is 0 Å². The van der Waals surface area contributed by atoms with Gasteiger partial charge in [0, 0.05) is 25.2 Å². The van der Waals surface area contributed by atoms with Crippen molar-refractivity contribution in [2.45, 2.75) is 13.3 Å². The third-order valence-electron chi connectivity index (χ3n) is 2.40. The second kappa shape index (κ2) is 5.66. The normalized spacial score (nSPS) is 15.8. The Hall–Kier alpha value is -1.16. The molecule has 0 unspecified atom stereocenters. The number of amides is 2. The zero-order valence-corrected chi connectivity index (χ0v) is 9.11. The van der Waals surface area contributed by atoms with Crippen molar-refractivity contribution >= 4 is 11.8 Å². The predicted molar refractivity (Wildman–Crippen MR) is 57.9 cm³/mol. The van der Waals surface area contributed by atoms with Crippen molar-refractivity contribution in [1.29, 1.82) is 0 Å². The quantitative estimate of drug-likeness (QED) is 0.471. The minimum Gasteiger partial charge on any atom is -0.331 e. The Labute approximate surface area is 90.5 Å². The van der Waals surface area contributed by atoms with Crippen LogP contribution >= 0.6 is 0 Å². The van der Waals surface area contributed by atoms with E-state index in [0.717, 1.165) is 13.0 Å². The molecule has 15 heavy (non-hydrogen) atoms. The molecule has 0 saturated heterocycles. The average molecular weight is 209 g/mol. The molecular formula is C11H17N2O2-. The van der Waals surface area contributed by atoms with Crippen LogP contribution in [0.2, 0.25) is 0 Å². The van der Waals surface area contributed by atoms with E-state index in [-0.39, 0.29) is 11.8 Å². The van der Waals surface area contributed by atoms with E-state index in [1.807, 2.05) is 0 Å². The van der Waals surface area contributed by atoms with Crippen LogP contribution in [0.25, 0.3) is 0 Å². The second-order valence-electron chi connectivity index (χ2n) is 3.50. The molecule has 0 aromatic carbocycles. The fraction of sp³-hybridized carbons (Fsp3) is 0.545. The minimum atomic E-state index is -0.208. The molecule has 0 atom stereocenters. The lowest BCUT2D eigenvalue weighted by Crippen LogP contribution is -2.38. The number of hydrogen-bond donors (Lipinski definition) is 0. The molecule has 0 aromatic rings. The molecular weight excluding hydrogens is 192 g/mol. The summed E-state index contributed by atoms with van der Waals surface area (Å²) in [6.07, 6.45) is 3.68. The van der Waals surface area contributed by atoms with Gasteiger partial charge in [-0.15, -0.1) is 6.54 Å². The maximum atomic E-state index is 11.2. The molecule has 0 saturated carbocycles. The summed E-state index contributed by atoms with van der Waals surface area (Å²) in [5.41, 5.74) is 0. The molecule has 4 heteroatoms. The maximum absolute atomic E-state index is 11.2. The van der Waals surface area contributed by atoms with Gasteiger partial charge >= 0.3 is 0 Å². The van der Waals surface area contributed by atoms with E-state index < -0.39 is 0 Å². The van der Waals surface area contributed by atoms with E-state index in [2.05, 4.69) is 18.7 Å². The van der Waals surface area contributed by atoms with Crippen LogP contribution in [0.3, 0.4) is 0 Å². The van der Waals surface area contributed by atoms with Crippen LogP contribution in [0.1, 0.15) is 13.3 Å². The molecule has 1 aliphatic rings. The first kappa shape index (κ1) is 11.9. The number of carbonyl (C=O) groups excluding carboxylic acids is 2. The molecule has 0 aromatic heterocycles. The fourth-order valence-corrected chi connectivity index (χ4v) is 1.54. The van der Waals surface area contributed by atoms with Crippen LogP contribution < -0.4 is 0 Å². The molecule has 0 bridgehead atoms. The van der Waals surface area contributed by atoms with Gasteiger partial charge in [-0.2, -0.15) is 0 Å². The van der Waals surface area contributed by atoms with E-state index in [4.69, 9.17) is 0 Å².